The molecular formula is C13H15N2O5-. The molecule has 7 heteroatoms. The molecule has 1 aromatic rings. The van der Waals surface area contributed by atoms with Gasteiger partial charge in [-0.25, -0.2) is 10.2 Å². The van der Waals surface area contributed by atoms with E-state index in [1.165, 1.54) is 0 Å². The molecule has 1 N–H and O–H groups in total. The van der Waals surface area contributed by atoms with Gasteiger partial charge < -0.3 is 19.4 Å². The number of nitrogens with one attached hydrogen (secondary N) is 1. The standard InChI is InChI=1S/C13H16N2O5/c1-3-19-13(18)15-14-9(2)10-4-6-11(7-5-10)20-8-12(16)17/h4-7H,3,8H2,1-2H3,(H,15,18)(H,16,17)/p-1/b14-9-. The number of nitrogens with zero attached hydrogens (tertiary/aromatic N) is 1. The van der Waals surface area contributed by atoms with Crippen LogP contribution in [-0.4, -0.2) is 31.0 Å². The lowest BCUT2D eigenvalue weighted by Crippen LogP contribution is -2.28. The van der Waals surface area contributed by atoms with Crippen LogP contribution in [0.5, 0.6) is 5.75 Å². The second-order valence-corrected chi connectivity index (χ2v) is 3.71. The molecule has 0 aliphatic rings. The van der Waals surface area contributed by atoms with Crippen LogP contribution in [0.3, 0.4) is 0 Å². The van der Waals surface area contributed by atoms with Gasteiger partial charge in [0.05, 0.1) is 18.3 Å². The van der Waals surface area contributed by atoms with Crippen molar-refractivity contribution in [2.45, 2.75) is 13.8 Å². The van der Waals surface area contributed by atoms with E-state index >= 15 is 0 Å². The van der Waals surface area contributed by atoms with Crippen LogP contribution in [0.2, 0.25) is 0 Å². The summed E-state index contributed by atoms with van der Waals surface area (Å²) in [7, 11) is 0. The van der Waals surface area contributed by atoms with Crippen LogP contribution >= 0.6 is 0 Å². The minimum absolute atomic E-state index is 0.269. The van der Waals surface area contributed by atoms with Gasteiger partial charge in [0, 0.05) is 0 Å². The van der Waals surface area contributed by atoms with Crippen molar-refractivity contribution in [3.05, 3.63) is 29.8 Å². The Hall–Kier alpha value is -2.57. The third-order valence-corrected chi connectivity index (χ3v) is 2.22. The number of hydrogen-bond acceptors (Lipinski definition) is 6. The predicted molar refractivity (Wildman–Crippen MR) is 69.3 cm³/mol. The Kier molecular flexibility index (Phi) is 6.02. The SMILES string of the molecule is CCOC(=O)N/N=C(/C)c1ccc(OCC(=O)[O-])cc1. The molecule has 0 unspecified atom stereocenters. The number of ether oxygens (including phenoxy) is 2. The molecule has 1 aromatic carbocycles. The first-order valence-corrected chi connectivity index (χ1v) is 5.93. The molecule has 0 aromatic heterocycles. The molecule has 0 heterocycles. The molecule has 0 atom stereocenters. The van der Waals surface area contributed by atoms with E-state index in [-0.39, 0.29) is 6.61 Å². The highest BCUT2D eigenvalue weighted by atomic mass is 16.5. The number of hydrazone groups is 1. The quantitative estimate of drug-likeness (QED) is 0.595. The Morgan fingerprint density at radius 2 is 1.95 bits per heavy atom. The molecular weight excluding hydrogens is 264 g/mol. The molecule has 1 amide bonds. The first-order chi connectivity index (χ1) is 9.52. The minimum atomic E-state index is -1.29. The first-order valence-electron chi connectivity index (χ1n) is 5.93. The Bertz CT molecular complexity index is 496. The fraction of sp³-hybridized carbons (Fsp3) is 0.308. The van der Waals surface area contributed by atoms with E-state index in [1.54, 1.807) is 38.1 Å². The fourth-order valence-electron chi connectivity index (χ4n) is 1.29. The normalized spacial score (nSPS) is 10.8. The van der Waals surface area contributed by atoms with Crippen molar-refractivity contribution >= 4 is 17.8 Å². The summed E-state index contributed by atoms with van der Waals surface area (Å²) < 4.78 is 9.60. The summed E-state index contributed by atoms with van der Waals surface area (Å²) in [5.74, 6) is -0.880. The number of amides is 1. The predicted octanol–water partition coefficient (Wildman–Crippen LogP) is 0.285. The van der Waals surface area contributed by atoms with E-state index in [4.69, 9.17) is 4.74 Å². The summed E-state index contributed by atoms with van der Waals surface area (Å²) in [6.45, 7) is 3.17. The molecule has 0 saturated carbocycles. The largest absolute Gasteiger partial charge is 0.546 e. The Morgan fingerprint density at radius 1 is 1.30 bits per heavy atom. The van der Waals surface area contributed by atoms with E-state index in [0.717, 1.165) is 5.56 Å². The number of rotatable bonds is 6. The van der Waals surface area contributed by atoms with Crippen LogP contribution in [0.4, 0.5) is 4.79 Å². The van der Waals surface area contributed by atoms with E-state index < -0.39 is 18.7 Å². The summed E-state index contributed by atoms with van der Waals surface area (Å²) in [5.41, 5.74) is 3.57. The van der Waals surface area contributed by atoms with Crippen LogP contribution in [-0.2, 0) is 9.53 Å². The highest BCUT2D eigenvalue weighted by Gasteiger charge is 2.01. The average molecular weight is 279 g/mol. The third-order valence-electron chi connectivity index (χ3n) is 2.22. The molecule has 0 aliphatic heterocycles. The van der Waals surface area contributed by atoms with Crippen molar-refractivity contribution in [3.8, 4) is 5.75 Å². The van der Waals surface area contributed by atoms with Crippen LogP contribution in [0.1, 0.15) is 19.4 Å². The number of hydrogen-bond donors (Lipinski definition) is 1. The topological polar surface area (TPSA) is 100 Å². The second kappa shape index (κ2) is 7.78. The molecule has 0 radical (unpaired) electrons. The molecule has 20 heavy (non-hydrogen) atoms. The molecule has 7 nitrogen and oxygen atoms in total. The first kappa shape index (κ1) is 15.5. The van der Waals surface area contributed by atoms with E-state index in [0.29, 0.717) is 11.5 Å². The molecule has 0 spiro atoms. The zero-order valence-corrected chi connectivity index (χ0v) is 11.2. The number of carbonyl (C=O) groups excluding carboxylic acids is 2. The monoisotopic (exact) mass is 279 g/mol. The van der Waals surface area contributed by atoms with Crippen LogP contribution in [0.25, 0.3) is 0 Å². The number of carbonyl (C=O) groups is 2. The highest BCUT2D eigenvalue weighted by molar-refractivity contribution is 5.99. The van der Waals surface area contributed by atoms with Gasteiger partial charge in [-0.2, -0.15) is 5.10 Å². The zero-order chi connectivity index (χ0) is 15.0. The Morgan fingerprint density at radius 3 is 2.50 bits per heavy atom. The highest BCUT2D eigenvalue weighted by Crippen LogP contribution is 2.12. The maximum atomic E-state index is 11.1. The summed E-state index contributed by atoms with van der Waals surface area (Å²) in [5, 5.41) is 14.1. The summed E-state index contributed by atoms with van der Waals surface area (Å²) in [6.07, 6.45) is -0.624. The second-order valence-electron chi connectivity index (χ2n) is 3.71. The Labute approximate surface area is 116 Å². The molecule has 0 bridgehead atoms. The molecule has 0 saturated heterocycles. The number of benzene rings is 1. The van der Waals surface area contributed by atoms with E-state index in [9.17, 15) is 14.7 Å². The molecule has 0 aliphatic carbocycles. The smallest absolute Gasteiger partial charge is 0.427 e. The molecule has 1 rings (SSSR count). The maximum absolute atomic E-state index is 11.1. The summed E-state index contributed by atoms with van der Waals surface area (Å²) in [4.78, 5) is 21.3. The lowest BCUT2D eigenvalue weighted by atomic mass is 10.1. The number of carboxylic acids is 1. The maximum Gasteiger partial charge on any atom is 0.427 e. The van der Waals surface area contributed by atoms with E-state index in [2.05, 4.69) is 15.3 Å². The van der Waals surface area contributed by atoms with Gasteiger partial charge in [-0.1, -0.05) is 0 Å². The van der Waals surface area contributed by atoms with Gasteiger partial charge in [0.25, 0.3) is 0 Å². The van der Waals surface area contributed by atoms with Gasteiger partial charge in [0.15, 0.2) is 0 Å². The van der Waals surface area contributed by atoms with Crippen molar-refractivity contribution in [3.63, 3.8) is 0 Å². The van der Waals surface area contributed by atoms with Crippen molar-refractivity contribution < 1.29 is 24.2 Å². The van der Waals surface area contributed by atoms with Crippen molar-refractivity contribution in [2.75, 3.05) is 13.2 Å². The minimum Gasteiger partial charge on any atom is -0.546 e. The number of aliphatic carboxylic acids is 1. The van der Waals surface area contributed by atoms with Crippen LogP contribution < -0.4 is 15.3 Å². The van der Waals surface area contributed by atoms with Gasteiger partial charge in [-0.15, -0.1) is 0 Å². The van der Waals surface area contributed by atoms with Crippen LogP contribution in [0.15, 0.2) is 29.4 Å². The lowest BCUT2D eigenvalue weighted by Gasteiger charge is -2.07. The van der Waals surface area contributed by atoms with Crippen LogP contribution in [0, 0.1) is 0 Å². The van der Waals surface area contributed by atoms with Gasteiger partial charge >= 0.3 is 6.09 Å². The van der Waals surface area contributed by atoms with Gasteiger partial charge in [0.2, 0.25) is 0 Å². The zero-order valence-electron chi connectivity index (χ0n) is 11.2. The fourth-order valence-corrected chi connectivity index (χ4v) is 1.29. The lowest BCUT2D eigenvalue weighted by molar-refractivity contribution is -0.307. The summed E-state index contributed by atoms with van der Waals surface area (Å²) in [6, 6.07) is 6.58. The van der Waals surface area contributed by atoms with Gasteiger partial charge in [-0.05, 0) is 43.7 Å². The van der Waals surface area contributed by atoms with E-state index in [1.807, 2.05) is 0 Å². The van der Waals surface area contributed by atoms with Gasteiger partial charge in [-0.3, -0.25) is 0 Å². The third kappa shape index (κ3) is 5.38. The average Bonchev–Trinajstić information content (AvgIpc) is 2.43. The molecule has 108 valence electrons. The Balaban J connectivity index is 2.60. The van der Waals surface area contributed by atoms with Gasteiger partial charge in [0.1, 0.15) is 12.4 Å². The summed E-state index contributed by atoms with van der Waals surface area (Å²) >= 11 is 0. The van der Waals surface area contributed by atoms with Crippen molar-refractivity contribution in [1.82, 2.24) is 5.43 Å². The molecule has 0 fully saturated rings. The van der Waals surface area contributed by atoms with Crippen molar-refractivity contribution in [1.29, 1.82) is 0 Å². The number of carboxylic acid groups (broad SMARTS) is 1. The van der Waals surface area contributed by atoms with Crippen molar-refractivity contribution in [2.24, 2.45) is 5.10 Å².